The quantitative estimate of drug-likeness (QED) is 0.519. The Morgan fingerprint density at radius 2 is 1.85 bits per heavy atom. The highest BCUT2D eigenvalue weighted by atomic mass is 14.9. The van der Waals surface area contributed by atoms with Gasteiger partial charge >= 0.3 is 0 Å². The zero-order valence-electron chi connectivity index (χ0n) is 9.05. The van der Waals surface area contributed by atoms with Crippen molar-refractivity contribution in [1.29, 1.82) is 0 Å². The van der Waals surface area contributed by atoms with Crippen LogP contribution < -0.4 is 5.32 Å². The Kier molecular flexibility index (Phi) is 4.51. The molecule has 76 valence electrons. The second-order valence-corrected chi connectivity index (χ2v) is 4.65. The summed E-state index contributed by atoms with van der Waals surface area (Å²) in [4.78, 5) is 0. The fourth-order valence-corrected chi connectivity index (χ4v) is 2.50. The standard InChI is InChI=1S/C12H23N/c1-4-5-6-13-12-8-10(2)7-11(3)9-12/h4,10-13H,1,5-9H2,2-3H3. The molecule has 13 heavy (non-hydrogen) atoms. The van der Waals surface area contributed by atoms with Gasteiger partial charge in [-0.2, -0.15) is 0 Å². The zero-order valence-corrected chi connectivity index (χ0v) is 9.05. The Morgan fingerprint density at radius 3 is 2.38 bits per heavy atom. The van der Waals surface area contributed by atoms with Crippen molar-refractivity contribution in [2.45, 2.75) is 45.6 Å². The molecule has 0 aromatic rings. The zero-order chi connectivity index (χ0) is 9.68. The normalized spacial score (nSPS) is 34.5. The molecule has 1 rings (SSSR count). The van der Waals surface area contributed by atoms with E-state index < -0.39 is 0 Å². The van der Waals surface area contributed by atoms with Crippen LogP contribution in [0, 0.1) is 11.8 Å². The fraction of sp³-hybridized carbons (Fsp3) is 0.833. The van der Waals surface area contributed by atoms with Gasteiger partial charge in [0.15, 0.2) is 0 Å². The summed E-state index contributed by atoms with van der Waals surface area (Å²) in [5.41, 5.74) is 0. The van der Waals surface area contributed by atoms with Crippen LogP contribution in [0.15, 0.2) is 12.7 Å². The maximum Gasteiger partial charge on any atom is 0.00722 e. The predicted molar refractivity (Wildman–Crippen MR) is 58.8 cm³/mol. The van der Waals surface area contributed by atoms with E-state index in [9.17, 15) is 0 Å². The molecule has 1 heteroatoms. The lowest BCUT2D eigenvalue weighted by Gasteiger charge is -2.32. The fourth-order valence-electron chi connectivity index (χ4n) is 2.50. The summed E-state index contributed by atoms with van der Waals surface area (Å²) in [5, 5.41) is 3.61. The van der Waals surface area contributed by atoms with Gasteiger partial charge in [0.05, 0.1) is 0 Å². The first kappa shape index (κ1) is 10.8. The Hall–Kier alpha value is -0.300. The molecule has 0 bridgehead atoms. The summed E-state index contributed by atoms with van der Waals surface area (Å²) in [7, 11) is 0. The topological polar surface area (TPSA) is 12.0 Å². The minimum absolute atomic E-state index is 0.763. The molecule has 1 saturated carbocycles. The number of hydrogen-bond donors (Lipinski definition) is 1. The van der Waals surface area contributed by atoms with Crippen LogP contribution in [0.1, 0.15) is 39.5 Å². The number of nitrogens with one attached hydrogen (secondary N) is 1. The van der Waals surface area contributed by atoms with Gasteiger partial charge in [-0.05, 0) is 44.1 Å². The molecule has 0 aromatic carbocycles. The predicted octanol–water partition coefficient (Wildman–Crippen LogP) is 2.98. The van der Waals surface area contributed by atoms with E-state index in [0.717, 1.165) is 30.8 Å². The first-order valence-corrected chi connectivity index (χ1v) is 5.56. The van der Waals surface area contributed by atoms with Crippen molar-refractivity contribution in [2.24, 2.45) is 11.8 Å². The van der Waals surface area contributed by atoms with Gasteiger partial charge < -0.3 is 5.32 Å². The van der Waals surface area contributed by atoms with Gasteiger partial charge in [-0.25, -0.2) is 0 Å². The van der Waals surface area contributed by atoms with Gasteiger partial charge in [0.1, 0.15) is 0 Å². The first-order valence-electron chi connectivity index (χ1n) is 5.56. The second kappa shape index (κ2) is 5.43. The third kappa shape index (κ3) is 3.95. The molecule has 0 heterocycles. The van der Waals surface area contributed by atoms with Crippen LogP contribution >= 0.6 is 0 Å². The van der Waals surface area contributed by atoms with Crippen molar-refractivity contribution in [2.75, 3.05) is 6.54 Å². The van der Waals surface area contributed by atoms with Crippen LogP contribution in [-0.4, -0.2) is 12.6 Å². The van der Waals surface area contributed by atoms with Crippen LogP contribution in [0.5, 0.6) is 0 Å². The molecule has 1 aliphatic carbocycles. The smallest absolute Gasteiger partial charge is 0.00722 e. The third-order valence-corrected chi connectivity index (χ3v) is 2.96. The molecule has 2 unspecified atom stereocenters. The SMILES string of the molecule is C=CCCNC1CC(C)CC(C)C1. The van der Waals surface area contributed by atoms with Crippen LogP contribution in [0.25, 0.3) is 0 Å². The summed E-state index contributed by atoms with van der Waals surface area (Å²) in [6, 6.07) is 0.763. The first-order chi connectivity index (χ1) is 6.22. The molecular formula is C12H23N. The highest BCUT2D eigenvalue weighted by molar-refractivity contribution is 4.80. The average Bonchev–Trinajstić information content (AvgIpc) is 2.03. The summed E-state index contributed by atoms with van der Waals surface area (Å²) >= 11 is 0. The monoisotopic (exact) mass is 181 g/mol. The number of hydrogen-bond acceptors (Lipinski definition) is 1. The van der Waals surface area contributed by atoms with Gasteiger partial charge in [0.2, 0.25) is 0 Å². The molecule has 1 fully saturated rings. The average molecular weight is 181 g/mol. The third-order valence-electron chi connectivity index (χ3n) is 2.96. The van der Waals surface area contributed by atoms with Crippen molar-refractivity contribution < 1.29 is 0 Å². The highest BCUT2D eigenvalue weighted by Crippen LogP contribution is 2.28. The molecule has 0 saturated heterocycles. The molecule has 0 amide bonds. The van der Waals surface area contributed by atoms with Crippen LogP contribution in [0.4, 0.5) is 0 Å². The van der Waals surface area contributed by atoms with E-state index in [1.165, 1.54) is 19.3 Å². The van der Waals surface area contributed by atoms with Gasteiger partial charge in [-0.15, -0.1) is 6.58 Å². The van der Waals surface area contributed by atoms with Crippen LogP contribution in [0.3, 0.4) is 0 Å². The van der Waals surface area contributed by atoms with Crippen LogP contribution in [0.2, 0.25) is 0 Å². The molecule has 0 aliphatic heterocycles. The molecule has 2 atom stereocenters. The maximum absolute atomic E-state index is 3.73. The lowest BCUT2D eigenvalue weighted by molar-refractivity contribution is 0.240. The molecule has 0 radical (unpaired) electrons. The molecule has 0 spiro atoms. The molecule has 1 nitrogen and oxygen atoms in total. The molecular weight excluding hydrogens is 158 g/mol. The van der Waals surface area contributed by atoms with Crippen molar-refractivity contribution >= 4 is 0 Å². The van der Waals surface area contributed by atoms with E-state index in [4.69, 9.17) is 0 Å². The van der Waals surface area contributed by atoms with E-state index in [2.05, 4.69) is 25.7 Å². The van der Waals surface area contributed by atoms with E-state index in [1.54, 1.807) is 0 Å². The Bertz CT molecular complexity index is 143. The Balaban J connectivity index is 2.20. The van der Waals surface area contributed by atoms with E-state index in [-0.39, 0.29) is 0 Å². The number of rotatable bonds is 4. The van der Waals surface area contributed by atoms with Crippen molar-refractivity contribution in [1.82, 2.24) is 5.32 Å². The Morgan fingerprint density at radius 1 is 1.23 bits per heavy atom. The minimum atomic E-state index is 0.763. The Labute approximate surface area is 82.6 Å². The summed E-state index contributed by atoms with van der Waals surface area (Å²) < 4.78 is 0. The largest absolute Gasteiger partial charge is 0.314 e. The molecule has 1 aliphatic rings. The van der Waals surface area contributed by atoms with E-state index >= 15 is 0 Å². The molecule has 0 aromatic heterocycles. The van der Waals surface area contributed by atoms with Gasteiger partial charge in [0, 0.05) is 6.04 Å². The minimum Gasteiger partial charge on any atom is -0.314 e. The van der Waals surface area contributed by atoms with Crippen molar-refractivity contribution in [3.8, 4) is 0 Å². The van der Waals surface area contributed by atoms with E-state index in [1.807, 2.05) is 6.08 Å². The van der Waals surface area contributed by atoms with Crippen LogP contribution in [-0.2, 0) is 0 Å². The van der Waals surface area contributed by atoms with Gasteiger partial charge in [0.25, 0.3) is 0 Å². The highest BCUT2D eigenvalue weighted by Gasteiger charge is 2.22. The summed E-state index contributed by atoms with van der Waals surface area (Å²) in [6.07, 6.45) is 7.23. The second-order valence-electron chi connectivity index (χ2n) is 4.65. The maximum atomic E-state index is 3.73. The molecule has 1 N–H and O–H groups in total. The van der Waals surface area contributed by atoms with Crippen molar-refractivity contribution in [3.63, 3.8) is 0 Å². The summed E-state index contributed by atoms with van der Waals surface area (Å²) in [5.74, 6) is 1.81. The van der Waals surface area contributed by atoms with Crippen molar-refractivity contribution in [3.05, 3.63) is 12.7 Å². The summed E-state index contributed by atoms with van der Waals surface area (Å²) in [6.45, 7) is 9.58. The lowest BCUT2D eigenvalue weighted by atomic mass is 9.80. The van der Waals surface area contributed by atoms with Gasteiger partial charge in [-0.1, -0.05) is 19.9 Å². The van der Waals surface area contributed by atoms with Gasteiger partial charge in [-0.3, -0.25) is 0 Å². The lowest BCUT2D eigenvalue weighted by Crippen LogP contribution is -2.36. The van der Waals surface area contributed by atoms with E-state index in [0.29, 0.717) is 0 Å².